The zero-order valence-corrected chi connectivity index (χ0v) is 21.6. The minimum Gasteiger partial charge on any atom is -0.481 e. The predicted molar refractivity (Wildman–Crippen MR) is 129 cm³/mol. The molecule has 1 saturated carbocycles. The van der Waals surface area contributed by atoms with Crippen molar-refractivity contribution in [3.8, 4) is 0 Å². The Bertz CT molecular complexity index is 767. The summed E-state index contributed by atoms with van der Waals surface area (Å²) in [7, 11) is 1.12. The molecule has 0 spiro atoms. The molecule has 3 fully saturated rings. The van der Waals surface area contributed by atoms with Crippen LogP contribution >= 0.6 is 0 Å². The van der Waals surface area contributed by atoms with Gasteiger partial charge in [-0.3, -0.25) is 29.0 Å². The van der Waals surface area contributed by atoms with Gasteiger partial charge in [-0.25, -0.2) is 0 Å². The highest BCUT2D eigenvalue weighted by Crippen LogP contribution is 2.48. The van der Waals surface area contributed by atoms with E-state index >= 15 is 0 Å². The number of morpholine rings is 2. The summed E-state index contributed by atoms with van der Waals surface area (Å²) in [6.07, 6.45) is 2.83. The molecule has 4 atom stereocenters. The Morgan fingerprint density at radius 3 is 1.49 bits per heavy atom. The van der Waals surface area contributed by atoms with Crippen molar-refractivity contribution in [3.05, 3.63) is 0 Å². The molecule has 37 heavy (non-hydrogen) atoms. The lowest BCUT2D eigenvalue weighted by molar-refractivity contribution is -0.197. The normalized spacial score (nSPS) is 26.6. The summed E-state index contributed by atoms with van der Waals surface area (Å²) in [5.41, 5.74) is 0. The average molecular weight is 529 g/mol. The number of methoxy groups -OCH3 is 1. The highest BCUT2D eigenvalue weighted by Gasteiger charge is 2.65. The summed E-state index contributed by atoms with van der Waals surface area (Å²) in [5, 5.41) is 9.69. The second-order valence-electron chi connectivity index (χ2n) is 9.62. The molecule has 4 unspecified atom stereocenters. The summed E-state index contributed by atoms with van der Waals surface area (Å²) >= 11 is 0. The molecule has 210 valence electrons. The van der Waals surface area contributed by atoms with Gasteiger partial charge in [0.15, 0.2) is 0 Å². The Kier molecular flexibility index (Phi) is 12.0. The zero-order chi connectivity index (χ0) is 26.6. The predicted octanol–water partition coefficient (Wildman–Crippen LogP) is 0.0336. The first-order valence-electron chi connectivity index (χ1n) is 13.2. The number of aliphatic carboxylic acids is 1. The lowest BCUT2D eigenvalue weighted by Gasteiger charge is -2.44. The molecule has 1 N–H and O–H groups in total. The van der Waals surface area contributed by atoms with Crippen LogP contribution in [-0.2, 0) is 42.9 Å². The summed E-state index contributed by atoms with van der Waals surface area (Å²) in [6.45, 7) is 8.26. The third kappa shape index (κ3) is 8.36. The van der Waals surface area contributed by atoms with E-state index in [0.29, 0.717) is 39.3 Å². The second-order valence-corrected chi connectivity index (χ2v) is 9.62. The average Bonchev–Trinajstić information content (AvgIpc) is 2.88. The van der Waals surface area contributed by atoms with E-state index in [4.69, 9.17) is 23.7 Å². The lowest BCUT2D eigenvalue weighted by Crippen LogP contribution is -2.60. The number of esters is 3. The third-order valence-electron chi connectivity index (χ3n) is 7.28. The molecule has 0 amide bonds. The maximum atomic E-state index is 12.9. The number of ether oxygens (including phenoxy) is 5. The van der Waals surface area contributed by atoms with Crippen molar-refractivity contribution < 1.29 is 48.0 Å². The van der Waals surface area contributed by atoms with Crippen LogP contribution in [-0.4, -0.2) is 125 Å². The van der Waals surface area contributed by atoms with Crippen LogP contribution < -0.4 is 0 Å². The SMILES string of the molecule is COC(=O)C1C(C(=O)O)C(C(=O)OCCCCN2CCOCC2)C1C(=O)OCCCCN1CCOCC1. The summed E-state index contributed by atoms with van der Waals surface area (Å²) in [5.74, 6) is -8.98. The number of rotatable bonds is 14. The molecule has 12 heteroatoms. The minimum atomic E-state index is -1.40. The number of hydrogen-bond acceptors (Lipinski definition) is 11. The van der Waals surface area contributed by atoms with Gasteiger partial charge in [-0.2, -0.15) is 0 Å². The fraction of sp³-hybridized carbons (Fsp3) is 0.840. The molecule has 0 bridgehead atoms. The van der Waals surface area contributed by atoms with Crippen LogP contribution in [0.3, 0.4) is 0 Å². The molecule has 0 aromatic rings. The van der Waals surface area contributed by atoms with Gasteiger partial charge in [0.1, 0.15) is 0 Å². The Labute approximate surface area is 217 Å². The van der Waals surface area contributed by atoms with Crippen LogP contribution in [0.1, 0.15) is 25.7 Å². The Hall–Kier alpha value is -2.28. The summed E-state index contributed by atoms with van der Waals surface area (Å²) < 4.78 is 26.1. The zero-order valence-electron chi connectivity index (χ0n) is 21.6. The van der Waals surface area contributed by atoms with Crippen molar-refractivity contribution in [1.82, 2.24) is 9.80 Å². The number of carbonyl (C=O) groups is 4. The van der Waals surface area contributed by atoms with Crippen molar-refractivity contribution in [2.75, 3.05) is 86.0 Å². The topological polar surface area (TPSA) is 141 Å². The van der Waals surface area contributed by atoms with E-state index < -0.39 is 47.5 Å². The molecule has 0 aromatic carbocycles. The van der Waals surface area contributed by atoms with Gasteiger partial charge in [-0.15, -0.1) is 0 Å². The van der Waals surface area contributed by atoms with Gasteiger partial charge in [-0.1, -0.05) is 0 Å². The second kappa shape index (κ2) is 15.2. The molecular formula is C25H40N2O10. The number of hydrogen-bond donors (Lipinski definition) is 1. The summed E-state index contributed by atoms with van der Waals surface area (Å²) in [6, 6.07) is 0. The molecule has 0 aromatic heterocycles. The Morgan fingerprint density at radius 2 is 1.08 bits per heavy atom. The maximum Gasteiger partial charge on any atom is 0.310 e. The molecule has 12 nitrogen and oxygen atoms in total. The molecule has 3 aliphatic rings. The highest BCUT2D eigenvalue weighted by molar-refractivity contribution is 5.97. The maximum absolute atomic E-state index is 12.9. The Morgan fingerprint density at radius 1 is 0.676 bits per heavy atom. The van der Waals surface area contributed by atoms with Crippen molar-refractivity contribution in [3.63, 3.8) is 0 Å². The molecule has 0 radical (unpaired) electrons. The van der Waals surface area contributed by atoms with E-state index in [9.17, 15) is 24.3 Å². The number of carboxylic acid groups (broad SMARTS) is 1. The quantitative estimate of drug-likeness (QED) is 0.185. The fourth-order valence-corrected chi connectivity index (χ4v) is 5.13. The van der Waals surface area contributed by atoms with Crippen molar-refractivity contribution >= 4 is 23.9 Å². The van der Waals surface area contributed by atoms with Gasteiger partial charge in [0.2, 0.25) is 0 Å². The van der Waals surface area contributed by atoms with Crippen molar-refractivity contribution in [2.24, 2.45) is 23.7 Å². The van der Waals surface area contributed by atoms with Gasteiger partial charge in [0.05, 0.1) is 70.4 Å². The number of unbranched alkanes of at least 4 members (excludes halogenated alkanes) is 2. The first kappa shape index (κ1) is 29.3. The van der Waals surface area contributed by atoms with Gasteiger partial charge >= 0.3 is 23.9 Å². The van der Waals surface area contributed by atoms with Crippen molar-refractivity contribution in [1.29, 1.82) is 0 Å². The van der Waals surface area contributed by atoms with Crippen LogP contribution in [0.2, 0.25) is 0 Å². The minimum absolute atomic E-state index is 0.109. The largest absolute Gasteiger partial charge is 0.481 e. The molecule has 2 aliphatic heterocycles. The van der Waals surface area contributed by atoms with E-state index in [1.807, 2.05) is 0 Å². The number of carbonyl (C=O) groups excluding carboxylic acids is 3. The van der Waals surface area contributed by atoms with Gasteiger partial charge in [0, 0.05) is 26.2 Å². The van der Waals surface area contributed by atoms with Crippen LogP contribution in [0, 0.1) is 23.7 Å². The van der Waals surface area contributed by atoms with Crippen LogP contribution in [0.25, 0.3) is 0 Å². The van der Waals surface area contributed by atoms with E-state index in [1.54, 1.807) is 0 Å². The molecule has 3 rings (SSSR count). The van der Waals surface area contributed by atoms with Gasteiger partial charge < -0.3 is 28.8 Å². The highest BCUT2D eigenvalue weighted by atomic mass is 16.5. The van der Waals surface area contributed by atoms with Crippen LogP contribution in [0.4, 0.5) is 0 Å². The van der Waals surface area contributed by atoms with Crippen LogP contribution in [0.5, 0.6) is 0 Å². The molecular weight excluding hydrogens is 488 g/mol. The molecule has 2 heterocycles. The third-order valence-corrected chi connectivity index (χ3v) is 7.28. The standard InChI is InChI=1S/C25H40N2O10/c1-33-23(30)19-18(22(28)29)20(24(31)36-12-4-2-6-26-8-14-34-15-9-26)21(19)25(32)37-13-5-3-7-27-10-16-35-17-11-27/h18-21H,2-17H2,1H3,(H,28,29). The Balaban J connectivity index is 1.47. The fourth-order valence-electron chi connectivity index (χ4n) is 5.13. The van der Waals surface area contributed by atoms with Crippen LogP contribution in [0.15, 0.2) is 0 Å². The van der Waals surface area contributed by atoms with Gasteiger partial charge in [-0.05, 0) is 38.8 Å². The monoisotopic (exact) mass is 528 g/mol. The first-order chi connectivity index (χ1) is 17.9. The van der Waals surface area contributed by atoms with E-state index in [1.165, 1.54) is 0 Å². The molecule has 2 saturated heterocycles. The first-order valence-corrected chi connectivity index (χ1v) is 13.2. The number of nitrogens with zero attached hydrogens (tertiary/aromatic N) is 2. The lowest BCUT2D eigenvalue weighted by atomic mass is 9.56. The number of carboxylic acids is 1. The molecule has 1 aliphatic carbocycles. The van der Waals surface area contributed by atoms with Crippen molar-refractivity contribution in [2.45, 2.75) is 25.7 Å². The summed E-state index contributed by atoms with van der Waals surface area (Å²) in [4.78, 5) is 54.5. The van der Waals surface area contributed by atoms with Gasteiger partial charge in [0.25, 0.3) is 0 Å². The van der Waals surface area contributed by atoms with E-state index in [2.05, 4.69) is 9.80 Å². The smallest absolute Gasteiger partial charge is 0.310 e. The van der Waals surface area contributed by atoms with E-state index in [-0.39, 0.29) is 13.2 Å². The van der Waals surface area contributed by atoms with E-state index in [0.717, 1.165) is 59.2 Å².